The van der Waals surface area contributed by atoms with Gasteiger partial charge in [0.2, 0.25) is 0 Å². The van der Waals surface area contributed by atoms with Crippen molar-refractivity contribution in [3.63, 3.8) is 0 Å². The summed E-state index contributed by atoms with van der Waals surface area (Å²) in [5, 5.41) is 4.47. The van der Waals surface area contributed by atoms with Gasteiger partial charge in [-0.1, -0.05) is 103 Å². The van der Waals surface area contributed by atoms with Gasteiger partial charge in [-0.05, 0) is 120 Å². The summed E-state index contributed by atoms with van der Waals surface area (Å²) in [7, 11) is 0. The van der Waals surface area contributed by atoms with Crippen LogP contribution in [0.5, 0.6) is 46.0 Å². The van der Waals surface area contributed by atoms with Gasteiger partial charge in [0.1, 0.15) is 0 Å². The van der Waals surface area contributed by atoms with Crippen molar-refractivity contribution in [3.8, 4) is 68.5 Å². The van der Waals surface area contributed by atoms with Gasteiger partial charge in [-0.25, -0.2) is 0 Å². The van der Waals surface area contributed by atoms with E-state index in [0.717, 1.165) is 77.6 Å². The van der Waals surface area contributed by atoms with Gasteiger partial charge in [0.15, 0.2) is 46.0 Å². The molecule has 0 saturated heterocycles. The number of hydrogen-bond donors (Lipinski definition) is 0. The molecule has 0 unspecified atom stereocenters. The van der Waals surface area contributed by atoms with Crippen LogP contribution in [-0.2, 0) is 0 Å². The van der Waals surface area contributed by atoms with E-state index < -0.39 is 0 Å². The van der Waals surface area contributed by atoms with Crippen LogP contribution < -0.4 is 23.8 Å². The average molecular weight is 864 g/mol. The van der Waals surface area contributed by atoms with Crippen molar-refractivity contribution in [2.75, 3.05) is 4.90 Å². The summed E-state index contributed by atoms with van der Waals surface area (Å²) in [5.74, 6) is 5.62. The molecule has 7 nitrogen and oxygen atoms in total. The van der Waals surface area contributed by atoms with E-state index in [1.807, 2.05) is 48.5 Å². The number of nitrogens with zero attached hydrogens (tertiary/aromatic N) is 3. The van der Waals surface area contributed by atoms with Gasteiger partial charge < -0.3 is 33.0 Å². The predicted octanol–water partition coefficient (Wildman–Crippen LogP) is 16.8. The Labute approximate surface area is 385 Å². The Morgan fingerprint density at radius 2 is 0.597 bits per heavy atom. The van der Waals surface area contributed by atoms with Gasteiger partial charge in [0.05, 0.1) is 22.1 Å². The first-order valence-corrected chi connectivity index (χ1v) is 22.4. The smallest absolute Gasteiger partial charge is 0.172 e. The molecule has 14 rings (SSSR count). The van der Waals surface area contributed by atoms with Crippen molar-refractivity contribution < 1.29 is 18.9 Å². The topological polar surface area (TPSA) is 50.0 Å². The van der Waals surface area contributed by atoms with Crippen LogP contribution >= 0.6 is 0 Å². The molecule has 0 saturated carbocycles. The van der Waals surface area contributed by atoms with Gasteiger partial charge in [-0.3, -0.25) is 0 Å². The Morgan fingerprint density at radius 1 is 0.254 bits per heavy atom. The molecule has 0 atom stereocenters. The summed E-state index contributed by atoms with van der Waals surface area (Å²) in [6.45, 7) is 0. The van der Waals surface area contributed by atoms with Crippen LogP contribution in [-0.4, -0.2) is 9.13 Å². The third-order valence-corrected chi connectivity index (χ3v) is 13.0. The molecule has 2 aliphatic rings. The van der Waals surface area contributed by atoms with Gasteiger partial charge in [-0.15, -0.1) is 0 Å². The molecule has 12 aromatic rings. The fourth-order valence-corrected chi connectivity index (χ4v) is 9.92. The zero-order chi connectivity index (χ0) is 44.0. The zero-order valence-electron chi connectivity index (χ0n) is 35.8. The van der Waals surface area contributed by atoms with Crippen molar-refractivity contribution in [2.24, 2.45) is 0 Å². The fraction of sp³-hybridized carbons (Fsp3) is 0. The lowest BCUT2D eigenvalue weighted by molar-refractivity contribution is 0.360. The summed E-state index contributed by atoms with van der Waals surface area (Å²) >= 11 is 0. The Morgan fingerprint density at radius 3 is 1.03 bits per heavy atom. The van der Waals surface area contributed by atoms with Crippen LogP contribution in [0.4, 0.5) is 17.1 Å². The summed E-state index contributed by atoms with van der Waals surface area (Å²) < 4.78 is 30.1. The van der Waals surface area contributed by atoms with Crippen molar-refractivity contribution in [1.29, 1.82) is 0 Å². The number of fused-ring (bicyclic) bond motifs is 10. The van der Waals surface area contributed by atoms with Crippen molar-refractivity contribution in [2.45, 2.75) is 0 Å². The summed E-state index contributed by atoms with van der Waals surface area (Å²) in [6.07, 6.45) is 0. The highest BCUT2D eigenvalue weighted by Gasteiger charge is 2.25. The lowest BCUT2D eigenvalue weighted by atomic mass is 10.0. The molecule has 2 aliphatic heterocycles. The molecule has 10 aromatic carbocycles. The van der Waals surface area contributed by atoms with Gasteiger partial charge in [0, 0.05) is 62.1 Å². The van der Waals surface area contributed by atoms with E-state index in [1.54, 1.807) is 0 Å². The lowest BCUT2D eigenvalue weighted by Crippen LogP contribution is -2.10. The van der Waals surface area contributed by atoms with Crippen LogP contribution in [0.1, 0.15) is 0 Å². The molecule has 67 heavy (non-hydrogen) atoms. The predicted molar refractivity (Wildman–Crippen MR) is 268 cm³/mol. The maximum Gasteiger partial charge on any atom is 0.172 e. The first kappa shape index (κ1) is 37.2. The molecular formula is C60H37N3O4. The minimum absolute atomic E-state index is 0.689. The van der Waals surface area contributed by atoms with Gasteiger partial charge in [-0.2, -0.15) is 0 Å². The van der Waals surface area contributed by atoms with E-state index in [4.69, 9.17) is 18.9 Å². The van der Waals surface area contributed by atoms with E-state index in [0.29, 0.717) is 46.0 Å². The molecule has 4 heterocycles. The maximum atomic E-state index is 6.41. The molecule has 0 radical (unpaired) electrons. The zero-order valence-corrected chi connectivity index (χ0v) is 35.8. The second-order valence-electron chi connectivity index (χ2n) is 16.9. The number of hydrogen-bond acceptors (Lipinski definition) is 5. The fourth-order valence-electron chi connectivity index (χ4n) is 9.92. The van der Waals surface area contributed by atoms with Gasteiger partial charge in [0.25, 0.3) is 0 Å². The minimum Gasteiger partial charge on any atom is -0.449 e. The SMILES string of the molecule is c1ccc(-c2ccc(N(c3ccc(-n4c5ccccc5c5cc6c(cc54)Oc4ccccc4O6)cc3)c3ccc(-n4c5ccccc5c5cc6c(cc54)Oc4ccccc4O6)cc3)cc2)cc1. The Balaban J connectivity index is 0.874. The first-order valence-electron chi connectivity index (χ1n) is 22.4. The monoisotopic (exact) mass is 863 g/mol. The summed E-state index contributed by atoms with van der Waals surface area (Å²) in [5.41, 5.74) is 11.8. The highest BCUT2D eigenvalue weighted by atomic mass is 16.6. The molecule has 0 N–H and O–H groups in total. The molecule has 2 aromatic heterocycles. The number of benzene rings is 10. The highest BCUT2D eigenvalue weighted by molar-refractivity contribution is 6.11. The van der Waals surface area contributed by atoms with Crippen LogP contribution in [0, 0.1) is 0 Å². The Kier molecular flexibility index (Phi) is 8.15. The number of aromatic nitrogens is 2. The van der Waals surface area contributed by atoms with Crippen molar-refractivity contribution >= 4 is 60.7 Å². The molecule has 316 valence electrons. The van der Waals surface area contributed by atoms with Crippen molar-refractivity contribution in [1.82, 2.24) is 9.13 Å². The number of ether oxygens (including phenoxy) is 4. The first-order chi connectivity index (χ1) is 33.2. The maximum absolute atomic E-state index is 6.41. The second kappa shape index (κ2) is 14.7. The van der Waals surface area contributed by atoms with E-state index >= 15 is 0 Å². The van der Waals surface area contributed by atoms with Crippen LogP contribution in [0.25, 0.3) is 66.1 Å². The van der Waals surface area contributed by atoms with Gasteiger partial charge >= 0.3 is 0 Å². The molecule has 0 spiro atoms. The third-order valence-electron chi connectivity index (χ3n) is 13.0. The molecular weight excluding hydrogens is 827 g/mol. The summed E-state index contributed by atoms with van der Waals surface area (Å²) in [6, 6.07) is 78.0. The van der Waals surface area contributed by atoms with Crippen molar-refractivity contribution in [3.05, 3.63) is 224 Å². The number of rotatable bonds is 6. The number of anilines is 3. The highest BCUT2D eigenvalue weighted by Crippen LogP contribution is 2.50. The van der Waals surface area contributed by atoms with E-state index in [-0.39, 0.29) is 0 Å². The molecule has 0 amide bonds. The van der Waals surface area contributed by atoms with Crippen LogP contribution in [0.3, 0.4) is 0 Å². The second-order valence-corrected chi connectivity index (χ2v) is 16.9. The largest absolute Gasteiger partial charge is 0.449 e. The third kappa shape index (κ3) is 5.99. The lowest BCUT2D eigenvalue weighted by Gasteiger charge is -2.26. The normalized spacial score (nSPS) is 12.4. The Hall–Kier alpha value is -9.20. The van der Waals surface area contributed by atoms with E-state index in [2.05, 4.69) is 190 Å². The quantitative estimate of drug-likeness (QED) is 0.167. The van der Waals surface area contributed by atoms with Crippen LogP contribution in [0.2, 0.25) is 0 Å². The molecule has 7 heteroatoms. The van der Waals surface area contributed by atoms with E-state index in [9.17, 15) is 0 Å². The standard InChI is InChI=1S/C60H37N3O4/c1-2-12-38(13-3-1)39-22-24-40(25-23-39)61(41-26-30-43(31-27-41)62-49-16-6-4-14-45(49)47-34-57-59(36-51(47)62)66-55-20-10-8-18-53(55)64-57)42-28-32-44(33-29-42)63-50-17-7-5-15-46(50)48-35-58-60(37-52(48)63)67-56-21-11-9-19-54(56)65-58/h1-37H. The molecule has 0 fully saturated rings. The Bertz CT molecular complexity index is 3690. The summed E-state index contributed by atoms with van der Waals surface area (Å²) in [4.78, 5) is 2.32. The molecule has 0 aliphatic carbocycles. The van der Waals surface area contributed by atoms with E-state index in [1.165, 1.54) is 5.56 Å². The molecule has 0 bridgehead atoms. The van der Waals surface area contributed by atoms with Crippen LogP contribution in [0.15, 0.2) is 224 Å². The number of para-hydroxylation sites is 6. The average Bonchev–Trinajstić information content (AvgIpc) is 3.88. The minimum atomic E-state index is 0.689.